The van der Waals surface area contributed by atoms with Crippen LogP contribution in [0.15, 0.2) is 18.2 Å². The molecule has 1 aromatic rings. The van der Waals surface area contributed by atoms with Gasteiger partial charge in [-0.3, -0.25) is 4.79 Å². The fourth-order valence-electron chi connectivity index (χ4n) is 1.85. The monoisotopic (exact) mass is 238 g/mol. The largest absolute Gasteiger partial charge is 0.492 e. The van der Waals surface area contributed by atoms with E-state index in [9.17, 15) is 4.79 Å². The van der Waals surface area contributed by atoms with Crippen molar-refractivity contribution >= 4 is 5.97 Å². The molecule has 1 aromatic carbocycles. The van der Waals surface area contributed by atoms with Crippen LogP contribution in [0.5, 0.6) is 11.5 Å². The number of rotatable bonds is 5. The molecule has 0 spiro atoms. The average Bonchev–Trinajstić information content (AvgIpc) is 2.68. The molecule has 0 radical (unpaired) electrons. The summed E-state index contributed by atoms with van der Waals surface area (Å²) in [7, 11) is 1.55. The second-order valence-corrected chi connectivity index (χ2v) is 3.86. The van der Waals surface area contributed by atoms with Crippen molar-refractivity contribution in [3.63, 3.8) is 0 Å². The van der Waals surface area contributed by atoms with E-state index in [1.165, 1.54) is 0 Å². The van der Waals surface area contributed by atoms with E-state index in [1.807, 2.05) is 6.07 Å². The summed E-state index contributed by atoms with van der Waals surface area (Å²) >= 11 is 0. The lowest BCUT2D eigenvalue weighted by Gasteiger charge is -2.07. The van der Waals surface area contributed by atoms with Crippen LogP contribution < -0.4 is 9.47 Å². The summed E-state index contributed by atoms with van der Waals surface area (Å²) < 4.78 is 15.5. The Morgan fingerprint density at radius 1 is 1.59 bits per heavy atom. The lowest BCUT2D eigenvalue weighted by atomic mass is 9.98. The van der Waals surface area contributed by atoms with Gasteiger partial charge >= 0.3 is 5.97 Å². The Labute approximate surface area is 98.9 Å². The normalized spacial score (nSPS) is 17.4. The van der Waals surface area contributed by atoms with Crippen LogP contribution in [-0.4, -0.2) is 31.6 Å². The van der Waals surface area contributed by atoms with Crippen LogP contribution >= 0.6 is 0 Å². The van der Waals surface area contributed by atoms with Crippen LogP contribution in [0.2, 0.25) is 0 Å². The molecule has 17 heavy (non-hydrogen) atoms. The average molecular weight is 238 g/mol. The number of carboxylic acid groups (broad SMARTS) is 1. The highest BCUT2D eigenvalue weighted by atomic mass is 16.7. The van der Waals surface area contributed by atoms with Crippen LogP contribution in [-0.2, 0) is 9.53 Å². The predicted molar refractivity (Wildman–Crippen MR) is 59.4 cm³/mol. The van der Waals surface area contributed by atoms with Crippen molar-refractivity contribution in [2.75, 3.05) is 20.5 Å². The summed E-state index contributed by atoms with van der Waals surface area (Å²) in [6, 6.07) is 5.40. The molecule has 0 unspecified atom stereocenters. The Balaban J connectivity index is 2.11. The second kappa shape index (κ2) is 5.05. The molecule has 0 saturated carbocycles. The first-order valence-electron chi connectivity index (χ1n) is 5.31. The number of fused-ring (bicyclic) bond motifs is 1. The molecule has 0 aromatic heterocycles. The minimum absolute atomic E-state index is 0.0704. The van der Waals surface area contributed by atoms with Crippen molar-refractivity contribution in [3.05, 3.63) is 23.8 Å². The van der Waals surface area contributed by atoms with Gasteiger partial charge < -0.3 is 19.3 Å². The van der Waals surface area contributed by atoms with Gasteiger partial charge in [-0.25, -0.2) is 0 Å². The third kappa shape index (κ3) is 2.68. The van der Waals surface area contributed by atoms with Crippen molar-refractivity contribution in [1.82, 2.24) is 0 Å². The van der Waals surface area contributed by atoms with Gasteiger partial charge in [-0.1, -0.05) is 6.07 Å². The number of ether oxygens (including phenoxy) is 3. The topological polar surface area (TPSA) is 65.0 Å². The van der Waals surface area contributed by atoms with Crippen LogP contribution in [0, 0.1) is 0 Å². The molecule has 92 valence electrons. The van der Waals surface area contributed by atoms with Crippen molar-refractivity contribution in [2.24, 2.45) is 0 Å². The number of benzene rings is 1. The van der Waals surface area contributed by atoms with Gasteiger partial charge in [-0.2, -0.15) is 0 Å². The Hall–Kier alpha value is -1.75. The van der Waals surface area contributed by atoms with E-state index in [0.29, 0.717) is 18.1 Å². The molecule has 1 aliphatic heterocycles. The Morgan fingerprint density at radius 3 is 3.12 bits per heavy atom. The lowest BCUT2D eigenvalue weighted by molar-refractivity contribution is -0.137. The van der Waals surface area contributed by atoms with E-state index in [1.54, 1.807) is 19.2 Å². The van der Waals surface area contributed by atoms with Crippen LogP contribution in [0.1, 0.15) is 17.9 Å². The van der Waals surface area contributed by atoms with Gasteiger partial charge in [0.1, 0.15) is 11.5 Å². The third-order valence-corrected chi connectivity index (χ3v) is 2.63. The second-order valence-electron chi connectivity index (χ2n) is 3.86. The van der Waals surface area contributed by atoms with Crippen molar-refractivity contribution < 1.29 is 24.1 Å². The van der Waals surface area contributed by atoms with E-state index in [4.69, 9.17) is 19.3 Å². The molecular weight excluding hydrogens is 224 g/mol. The Kier molecular flexibility index (Phi) is 3.49. The molecule has 0 aliphatic carbocycles. The lowest BCUT2D eigenvalue weighted by Crippen LogP contribution is -2.07. The zero-order valence-electron chi connectivity index (χ0n) is 9.51. The number of hydrogen-bond acceptors (Lipinski definition) is 4. The number of hydrogen-bond donors (Lipinski definition) is 1. The molecule has 5 nitrogen and oxygen atoms in total. The van der Waals surface area contributed by atoms with Crippen molar-refractivity contribution in [3.8, 4) is 11.5 Å². The van der Waals surface area contributed by atoms with E-state index >= 15 is 0 Å². The molecule has 0 bridgehead atoms. The zero-order chi connectivity index (χ0) is 12.3. The molecule has 0 saturated heterocycles. The number of carbonyl (C=O) groups is 1. The summed E-state index contributed by atoms with van der Waals surface area (Å²) in [5.74, 6) is 0.469. The first kappa shape index (κ1) is 11.7. The summed E-state index contributed by atoms with van der Waals surface area (Å²) in [5, 5.41) is 8.77. The smallest absolute Gasteiger partial charge is 0.304 e. The van der Waals surface area contributed by atoms with Gasteiger partial charge in [-0.15, -0.1) is 0 Å². The number of aliphatic carboxylic acids is 1. The van der Waals surface area contributed by atoms with Gasteiger partial charge in [0.2, 0.25) is 0 Å². The standard InChI is InChI=1S/C12H14O5/c1-15-7-17-9-2-3-10-8(4-12(13)14)6-16-11(10)5-9/h2-3,5,8H,4,6-7H2,1H3,(H,13,14)/t8-/m0/s1. The molecule has 1 heterocycles. The highest BCUT2D eigenvalue weighted by molar-refractivity contribution is 5.68. The third-order valence-electron chi connectivity index (χ3n) is 2.63. The minimum Gasteiger partial charge on any atom is -0.492 e. The van der Waals surface area contributed by atoms with Crippen LogP contribution in [0.3, 0.4) is 0 Å². The summed E-state index contributed by atoms with van der Waals surface area (Å²) in [6.07, 6.45) is 0.0886. The number of methoxy groups -OCH3 is 1. The van der Waals surface area contributed by atoms with Crippen molar-refractivity contribution in [2.45, 2.75) is 12.3 Å². The quantitative estimate of drug-likeness (QED) is 0.789. The minimum atomic E-state index is -0.814. The maximum Gasteiger partial charge on any atom is 0.304 e. The molecule has 5 heteroatoms. The highest BCUT2D eigenvalue weighted by Gasteiger charge is 2.26. The van der Waals surface area contributed by atoms with Crippen LogP contribution in [0.4, 0.5) is 0 Å². The van der Waals surface area contributed by atoms with E-state index in [2.05, 4.69) is 0 Å². The summed E-state index contributed by atoms with van der Waals surface area (Å²) in [6.45, 7) is 0.590. The molecule has 1 atom stereocenters. The SMILES string of the molecule is COCOc1ccc2c(c1)OC[C@@H]2CC(=O)O. The van der Waals surface area contributed by atoms with E-state index in [0.717, 1.165) is 5.56 Å². The van der Waals surface area contributed by atoms with Gasteiger partial charge in [-0.05, 0) is 6.07 Å². The fraction of sp³-hybridized carbons (Fsp3) is 0.417. The van der Waals surface area contributed by atoms with E-state index in [-0.39, 0.29) is 19.1 Å². The number of carboxylic acids is 1. The van der Waals surface area contributed by atoms with Gasteiger partial charge in [0.25, 0.3) is 0 Å². The first-order chi connectivity index (χ1) is 8.20. The molecular formula is C12H14O5. The van der Waals surface area contributed by atoms with Gasteiger partial charge in [0, 0.05) is 24.7 Å². The zero-order valence-corrected chi connectivity index (χ0v) is 9.51. The maximum atomic E-state index is 10.7. The summed E-state index contributed by atoms with van der Waals surface area (Å²) in [4.78, 5) is 10.7. The Bertz CT molecular complexity index is 415. The highest BCUT2D eigenvalue weighted by Crippen LogP contribution is 2.38. The van der Waals surface area contributed by atoms with Crippen LogP contribution in [0.25, 0.3) is 0 Å². The van der Waals surface area contributed by atoms with Crippen molar-refractivity contribution in [1.29, 1.82) is 0 Å². The van der Waals surface area contributed by atoms with E-state index < -0.39 is 5.97 Å². The predicted octanol–water partition coefficient (Wildman–Crippen LogP) is 1.62. The van der Waals surface area contributed by atoms with Gasteiger partial charge in [0.15, 0.2) is 6.79 Å². The maximum absolute atomic E-state index is 10.7. The molecule has 0 amide bonds. The Morgan fingerprint density at radius 2 is 2.41 bits per heavy atom. The molecule has 1 N–H and O–H groups in total. The summed E-state index contributed by atoms with van der Waals surface area (Å²) in [5.41, 5.74) is 0.928. The molecule has 0 fully saturated rings. The molecule has 2 rings (SSSR count). The fourth-order valence-corrected chi connectivity index (χ4v) is 1.85. The molecule has 1 aliphatic rings. The van der Waals surface area contributed by atoms with Gasteiger partial charge in [0.05, 0.1) is 13.0 Å². The first-order valence-corrected chi connectivity index (χ1v) is 5.31.